The molecule has 4 rings (SSSR count). The van der Waals surface area contributed by atoms with Crippen molar-refractivity contribution in [3.8, 4) is 11.5 Å². The monoisotopic (exact) mass is 448 g/mol. The number of carbonyl (C=O) groups excluding carboxylic acids is 1. The number of ether oxygens (including phenoxy) is 2. The van der Waals surface area contributed by atoms with Crippen molar-refractivity contribution in [1.29, 1.82) is 0 Å². The van der Waals surface area contributed by atoms with Crippen molar-refractivity contribution in [1.82, 2.24) is 5.32 Å². The van der Waals surface area contributed by atoms with E-state index in [9.17, 15) is 9.18 Å². The first-order valence-electron chi connectivity index (χ1n) is 10.1. The van der Waals surface area contributed by atoms with Crippen LogP contribution < -0.4 is 14.8 Å². The molecule has 1 fully saturated rings. The number of thioether (sulfide) groups is 1. The van der Waals surface area contributed by atoms with Crippen molar-refractivity contribution in [2.75, 3.05) is 6.61 Å². The highest BCUT2D eigenvalue weighted by molar-refractivity contribution is 8.18. The molecular weight excluding hydrogens is 427 g/mol. The van der Waals surface area contributed by atoms with Crippen LogP contribution in [-0.4, -0.2) is 17.7 Å². The van der Waals surface area contributed by atoms with Crippen LogP contribution in [0.4, 0.5) is 10.1 Å². The Balaban J connectivity index is 1.51. The Hall–Kier alpha value is -3.58. The highest BCUT2D eigenvalue weighted by atomic mass is 32.2. The number of halogens is 1. The summed E-state index contributed by atoms with van der Waals surface area (Å²) in [5, 5.41) is 3.32. The van der Waals surface area contributed by atoms with E-state index in [1.165, 1.54) is 23.9 Å². The zero-order chi connectivity index (χ0) is 22.3. The van der Waals surface area contributed by atoms with E-state index in [4.69, 9.17) is 9.47 Å². The number of para-hydroxylation sites is 1. The number of amides is 1. The molecule has 0 bridgehead atoms. The third-order valence-corrected chi connectivity index (χ3v) is 5.40. The van der Waals surface area contributed by atoms with Gasteiger partial charge >= 0.3 is 0 Å². The van der Waals surface area contributed by atoms with Gasteiger partial charge in [-0.05, 0) is 72.3 Å². The molecule has 162 valence electrons. The van der Waals surface area contributed by atoms with Crippen LogP contribution in [0.1, 0.15) is 18.1 Å². The molecule has 0 atom stereocenters. The summed E-state index contributed by atoms with van der Waals surface area (Å²) in [6, 6.07) is 21.2. The molecule has 0 aromatic heterocycles. The average Bonchev–Trinajstić information content (AvgIpc) is 3.12. The number of hydrogen-bond donors (Lipinski definition) is 1. The highest BCUT2D eigenvalue weighted by Crippen LogP contribution is 2.33. The molecule has 0 radical (unpaired) electrons. The van der Waals surface area contributed by atoms with E-state index in [2.05, 4.69) is 10.3 Å². The summed E-state index contributed by atoms with van der Waals surface area (Å²) in [7, 11) is 0. The Morgan fingerprint density at radius 1 is 1.00 bits per heavy atom. The zero-order valence-electron chi connectivity index (χ0n) is 17.4. The number of hydrogen-bond acceptors (Lipinski definition) is 5. The van der Waals surface area contributed by atoms with Crippen LogP contribution in [0.15, 0.2) is 82.7 Å². The van der Waals surface area contributed by atoms with Crippen LogP contribution in [0.3, 0.4) is 0 Å². The molecule has 3 aromatic rings. The van der Waals surface area contributed by atoms with Crippen LogP contribution >= 0.6 is 11.8 Å². The third-order valence-electron chi connectivity index (χ3n) is 4.49. The van der Waals surface area contributed by atoms with Gasteiger partial charge in [-0.3, -0.25) is 4.79 Å². The van der Waals surface area contributed by atoms with Gasteiger partial charge in [0.15, 0.2) is 16.7 Å². The number of benzene rings is 3. The van der Waals surface area contributed by atoms with Crippen LogP contribution in [0.25, 0.3) is 6.08 Å². The quantitative estimate of drug-likeness (QED) is 0.472. The first-order chi connectivity index (χ1) is 15.6. The van der Waals surface area contributed by atoms with Gasteiger partial charge in [0.25, 0.3) is 5.91 Å². The van der Waals surface area contributed by atoms with Crippen molar-refractivity contribution >= 4 is 34.6 Å². The Bertz CT molecular complexity index is 1180. The van der Waals surface area contributed by atoms with Crippen LogP contribution in [-0.2, 0) is 11.4 Å². The van der Waals surface area contributed by atoms with Crippen molar-refractivity contribution in [2.45, 2.75) is 13.5 Å². The Kier molecular flexibility index (Phi) is 6.87. The number of nitrogens with one attached hydrogen (secondary N) is 1. The Labute approximate surface area is 190 Å². The summed E-state index contributed by atoms with van der Waals surface area (Å²) in [6.45, 7) is 2.56. The lowest BCUT2D eigenvalue weighted by molar-refractivity contribution is -0.115. The van der Waals surface area contributed by atoms with Crippen molar-refractivity contribution in [3.05, 3.63) is 94.6 Å². The van der Waals surface area contributed by atoms with Gasteiger partial charge in [0.1, 0.15) is 12.4 Å². The van der Waals surface area contributed by atoms with Crippen LogP contribution in [0, 0.1) is 5.82 Å². The molecule has 0 saturated carbocycles. The zero-order valence-corrected chi connectivity index (χ0v) is 18.2. The van der Waals surface area contributed by atoms with E-state index < -0.39 is 0 Å². The molecule has 3 aromatic carbocycles. The Morgan fingerprint density at radius 2 is 1.84 bits per heavy atom. The molecular formula is C25H21FN2O3S. The van der Waals surface area contributed by atoms with E-state index in [0.717, 1.165) is 16.8 Å². The van der Waals surface area contributed by atoms with Gasteiger partial charge in [0.2, 0.25) is 0 Å². The number of rotatable bonds is 7. The van der Waals surface area contributed by atoms with Crippen molar-refractivity contribution < 1.29 is 18.7 Å². The van der Waals surface area contributed by atoms with Gasteiger partial charge in [-0.15, -0.1) is 0 Å². The second kappa shape index (κ2) is 10.2. The molecule has 1 aliphatic rings. The van der Waals surface area contributed by atoms with E-state index in [0.29, 0.717) is 28.2 Å². The SMILES string of the molecule is CCOc1cc(/C=C2\SC(=Nc3ccccc3)NC2=O)ccc1OCc1cccc(F)c1. The van der Waals surface area contributed by atoms with Gasteiger partial charge in [0, 0.05) is 0 Å². The first kappa shape index (κ1) is 21.6. The summed E-state index contributed by atoms with van der Waals surface area (Å²) >= 11 is 1.28. The van der Waals surface area contributed by atoms with E-state index in [1.807, 2.05) is 49.4 Å². The maximum atomic E-state index is 13.4. The van der Waals surface area contributed by atoms with Crippen molar-refractivity contribution in [2.24, 2.45) is 4.99 Å². The topological polar surface area (TPSA) is 59.9 Å². The lowest BCUT2D eigenvalue weighted by Gasteiger charge is -2.13. The van der Waals surface area contributed by atoms with Gasteiger partial charge in [-0.25, -0.2) is 9.38 Å². The molecule has 0 aliphatic carbocycles. The Morgan fingerprint density at radius 3 is 2.62 bits per heavy atom. The molecule has 5 nitrogen and oxygen atoms in total. The lowest BCUT2D eigenvalue weighted by Crippen LogP contribution is -2.19. The average molecular weight is 449 g/mol. The number of amidine groups is 1. The fourth-order valence-corrected chi connectivity index (χ4v) is 3.88. The molecule has 7 heteroatoms. The lowest BCUT2D eigenvalue weighted by atomic mass is 10.2. The second-order valence-corrected chi connectivity index (χ2v) is 7.91. The maximum Gasteiger partial charge on any atom is 0.264 e. The minimum atomic E-state index is -0.305. The van der Waals surface area contributed by atoms with Crippen LogP contribution in [0.5, 0.6) is 11.5 Å². The molecule has 0 unspecified atom stereocenters. The molecule has 32 heavy (non-hydrogen) atoms. The third kappa shape index (κ3) is 5.56. The molecule has 1 saturated heterocycles. The smallest absolute Gasteiger partial charge is 0.264 e. The van der Waals surface area contributed by atoms with Crippen LogP contribution in [0.2, 0.25) is 0 Å². The molecule has 1 aliphatic heterocycles. The van der Waals surface area contributed by atoms with Gasteiger partial charge in [0.05, 0.1) is 17.2 Å². The fraction of sp³-hybridized carbons (Fsp3) is 0.120. The first-order valence-corrected chi connectivity index (χ1v) is 10.9. The fourth-order valence-electron chi connectivity index (χ4n) is 3.04. The van der Waals surface area contributed by atoms with E-state index in [1.54, 1.807) is 24.3 Å². The minimum Gasteiger partial charge on any atom is -0.490 e. The summed E-state index contributed by atoms with van der Waals surface area (Å²) in [5.41, 5.74) is 2.29. The van der Waals surface area contributed by atoms with Crippen molar-refractivity contribution in [3.63, 3.8) is 0 Å². The van der Waals surface area contributed by atoms with E-state index >= 15 is 0 Å². The standard InChI is InChI=1S/C25H21FN2O3S/c1-2-30-22-14-17(11-12-21(22)31-16-18-7-6-8-19(26)13-18)15-23-24(29)28-25(32-23)27-20-9-4-3-5-10-20/h3-15H,2,16H2,1H3,(H,27,28,29)/b23-15-. The summed E-state index contributed by atoms with van der Waals surface area (Å²) in [5.74, 6) is 0.600. The van der Waals surface area contributed by atoms with Gasteiger partial charge in [-0.2, -0.15) is 0 Å². The summed E-state index contributed by atoms with van der Waals surface area (Å²) < 4.78 is 25.0. The predicted molar refractivity (Wildman–Crippen MR) is 126 cm³/mol. The minimum absolute atomic E-state index is 0.200. The highest BCUT2D eigenvalue weighted by Gasteiger charge is 2.24. The molecule has 1 N–H and O–H groups in total. The number of nitrogens with zero attached hydrogens (tertiary/aromatic N) is 1. The number of carbonyl (C=O) groups is 1. The summed E-state index contributed by atoms with van der Waals surface area (Å²) in [6.07, 6.45) is 1.78. The predicted octanol–water partition coefficient (Wildman–Crippen LogP) is 5.70. The molecule has 1 heterocycles. The van der Waals surface area contributed by atoms with Gasteiger partial charge in [-0.1, -0.05) is 36.4 Å². The maximum absolute atomic E-state index is 13.4. The molecule has 1 amide bonds. The van der Waals surface area contributed by atoms with Gasteiger partial charge < -0.3 is 14.8 Å². The molecule has 0 spiro atoms. The number of aliphatic imine (C=N–C) groups is 1. The summed E-state index contributed by atoms with van der Waals surface area (Å²) in [4.78, 5) is 17.4. The largest absolute Gasteiger partial charge is 0.490 e. The van der Waals surface area contributed by atoms with E-state index in [-0.39, 0.29) is 18.3 Å². The second-order valence-electron chi connectivity index (χ2n) is 6.88. The normalized spacial score (nSPS) is 15.8.